The molecule has 1 atom stereocenters. The van der Waals surface area contributed by atoms with Gasteiger partial charge in [-0.15, -0.1) is 0 Å². The summed E-state index contributed by atoms with van der Waals surface area (Å²) in [6.45, 7) is 1.39. The van der Waals surface area contributed by atoms with Gasteiger partial charge in [0.2, 0.25) is 0 Å². The smallest absolute Gasteiger partial charge is 0.182 e. The zero-order valence-corrected chi connectivity index (χ0v) is 12.4. The van der Waals surface area contributed by atoms with Crippen LogP contribution in [-0.4, -0.2) is 39.1 Å². The predicted octanol–water partition coefficient (Wildman–Crippen LogP) is 2.54. The number of benzene rings is 1. The van der Waals surface area contributed by atoms with Crippen LogP contribution in [0, 0.1) is 5.82 Å². The molecule has 0 aliphatic carbocycles. The normalized spacial score (nSPS) is 17.8. The highest BCUT2D eigenvalue weighted by atomic mass is 19.1. The minimum atomic E-state index is -0.291. The van der Waals surface area contributed by atoms with Gasteiger partial charge in [-0.1, -0.05) is 6.07 Å². The molecule has 2 aromatic heterocycles. The van der Waals surface area contributed by atoms with Gasteiger partial charge in [0, 0.05) is 12.6 Å². The lowest BCUT2D eigenvalue weighted by molar-refractivity contribution is 0.287. The van der Waals surface area contributed by atoms with Crippen molar-refractivity contribution < 1.29 is 9.13 Å². The molecule has 3 heterocycles. The molecule has 118 valence electrons. The summed E-state index contributed by atoms with van der Waals surface area (Å²) in [5, 5.41) is 0. The van der Waals surface area contributed by atoms with Crippen LogP contribution < -0.4 is 9.64 Å². The Morgan fingerprint density at radius 1 is 1.30 bits per heavy atom. The van der Waals surface area contributed by atoms with Crippen LogP contribution in [0.4, 0.5) is 10.2 Å². The maximum absolute atomic E-state index is 13.2. The van der Waals surface area contributed by atoms with Gasteiger partial charge in [0.15, 0.2) is 11.5 Å². The number of fused-ring (bicyclic) bond motifs is 1. The Balaban J connectivity index is 1.54. The molecule has 0 amide bonds. The van der Waals surface area contributed by atoms with E-state index in [1.807, 2.05) is 0 Å². The number of anilines is 1. The number of hydrogen-bond acceptors (Lipinski definition) is 5. The van der Waals surface area contributed by atoms with Gasteiger partial charge in [-0.2, -0.15) is 0 Å². The predicted molar refractivity (Wildman–Crippen MR) is 83.9 cm³/mol. The zero-order valence-electron chi connectivity index (χ0n) is 12.4. The molecule has 0 spiro atoms. The Morgan fingerprint density at radius 2 is 2.26 bits per heavy atom. The number of nitrogens with one attached hydrogen (secondary N) is 1. The van der Waals surface area contributed by atoms with E-state index >= 15 is 0 Å². The van der Waals surface area contributed by atoms with E-state index in [9.17, 15) is 4.39 Å². The van der Waals surface area contributed by atoms with E-state index < -0.39 is 0 Å². The van der Waals surface area contributed by atoms with Crippen molar-refractivity contribution in [2.45, 2.75) is 18.9 Å². The second-order valence-electron chi connectivity index (χ2n) is 5.56. The molecular weight excluding hydrogens is 297 g/mol. The topological polar surface area (TPSA) is 66.9 Å². The molecule has 0 bridgehead atoms. The number of H-pyrrole nitrogens is 1. The highest BCUT2D eigenvalue weighted by Gasteiger charge is 2.28. The van der Waals surface area contributed by atoms with Crippen LogP contribution >= 0.6 is 0 Å². The lowest BCUT2D eigenvalue weighted by atomic mass is 10.2. The van der Waals surface area contributed by atoms with Crippen LogP contribution in [0.1, 0.15) is 12.8 Å². The highest BCUT2D eigenvalue weighted by Crippen LogP contribution is 2.28. The third-order valence-corrected chi connectivity index (χ3v) is 4.09. The van der Waals surface area contributed by atoms with E-state index in [2.05, 4.69) is 24.8 Å². The molecule has 1 saturated heterocycles. The maximum atomic E-state index is 13.2. The number of nitrogens with zero attached hydrogens (tertiary/aromatic N) is 4. The number of rotatable bonds is 4. The Kier molecular flexibility index (Phi) is 3.53. The van der Waals surface area contributed by atoms with Gasteiger partial charge in [-0.05, 0) is 25.0 Å². The van der Waals surface area contributed by atoms with E-state index in [4.69, 9.17) is 4.74 Å². The van der Waals surface area contributed by atoms with Gasteiger partial charge in [0.1, 0.15) is 30.0 Å². The Hall–Kier alpha value is -2.70. The third kappa shape index (κ3) is 2.69. The molecule has 3 aromatic rings. The molecule has 23 heavy (non-hydrogen) atoms. The summed E-state index contributed by atoms with van der Waals surface area (Å²) in [4.78, 5) is 18.0. The van der Waals surface area contributed by atoms with Crippen molar-refractivity contribution in [1.29, 1.82) is 0 Å². The summed E-state index contributed by atoms with van der Waals surface area (Å²) in [6.07, 6.45) is 5.23. The number of halogens is 1. The highest BCUT2D eigenvalue weighted by molar-refractivity contribution is 5.82. The molecule has 7 heteroatoms. The maximum Gasteiger partial charge on any atom is 0.182 e. The quantitative estimate of drug-likeness (QED) is 0.802. The molecule has 1 aromatic carbocycles. The molecule has 0 radical (unpaired) electrons. The number of aromatic amines is 1. The first-order valence-corrected chi connectivity index (χ1v) is 7.60. The average Bonchev–Trinajstić information content (AvgIpc) is 3.21. The molecule has 0 saturated carbocycles. The summed E-state index contributed by atoms with van der Waals surface area (Å²) in [7, 11) is 0. The van der Waals surface area contributed by atoms with Gasteiger partial charge >= 0.3 is 0 Å². The van der Waals surface area contributed by atoms with Crippen molar-refractivity contribution in [1.82, 2.24) is 19.9 Å². The van der Waals surface area contributed by atoms with Gasteiger partial charge in [0.05, 0.1) is 12.4 Å². The second kappa shape index (κ2) is 5.83. The van der Waals surface area contributed by atoms with Crippen molar-refractivity contribution in [3.63, 3.8) is 0 Å². The van der Waals surface area contributed by atoms with Crippen molar-refractivity contribution >= 4 is 17.0 Å². The van der Waals surface area contributed by atoms with Crippen LogP contribution in [0.15, 0.2) is 36.9 Å². The number of ether oxygens (including phenoxy) is 1. The molecular formula is C16H16FN5O. The first-order valence-electron chi connectivity index (χ1n) is 7.60. The molecule has 4 rings (SSSR count). The van der Waals surface area contributed by atoms with Crippen LogP contribution in [0.25, 0.3) is 11.2 Å². The average molecular weight is 313 g/mol. The van der Waals surface area contributed by atoms with Crippen LogP contribution in [0.2, 0.25) is 0 Å². The molecule has 1 fully saturated rings. The fourth-order valence-corrected chi connectivity index (χ4v) is 3.01. The first kappa shape index (κ1) is 13.9. The Morgan fingerprint density at radius 3 is 3.17 bits per heavy atom. The van der Waals surface area contributed by atoms with Crippen LogP contribution in [0.5, 0.6) is 5.75 Å². The van der Waals surface area contributed by atoms with Gasteiger partial charge in [-0.3, -0.25) is 0 Å². The summed E-state index contributed by atoms with van der Waals surface area (Å²) in [5.74, 6) is 1.10. The first-order chi connectivity index (χ1) is 11.3. The van der Waals surface area contributed by atoms with E-state index in [0.717, 1.165) is 30.7 Å². The lowest BCUT2D eigenvalue weighted by Crippen LogP contribution is -2.35. The summed E-state index contributed by atoms with van der Waals surface area (Å²) < 4.78 is 19.0. The molecule has 1 N–H and O–H groups in total. The Labute approximate surface area is 132 Å². The number of imidazole rings is 1. The van der Waals surface area contributed by atoms with E-state index in [1.54, 1.807) is 18.5 Å². The van der Waals surface area contributed by atoms with E-state index in [-0.39, 0.29) is 11.9 Å². The molecule has 6 nitrogen and oxygen atoms in total. The van der Waals surface area contributed by atoms with E-state index in [0.29, 0.717) is 18.0 Å². The fourth-order valence-electron chi connectivity index (χ4n) is 3.01. The van der Waals surface area contributed by atoms with Crippen molar-refractivity contribution in [2.24, 2.45) is 0 Å². The van der Waals surface area contributed by atoms with Gasteiger partial charge in [-0.25, -0.2) is 19.3 Å². The minimum Gasteiger partial charge on any atom is -0.491 e. The monoisotopic (exact) mass is 313 g/mol. The van der Waals surface area contributed by atoms with Crippen molar-refractivity contribution in [2.75, 3.05) is 18.1 Å². The summed E-state index contributed by atoms with van der Waals surface area (Å²) in [6, 6.07) is 6.41. The minimum absolute atomic E-state index is 0.194. The summed E-state index contributed by atoms with van der Waals surface area (Å²) in [5.41, 5.74) is 1.50. The second-order valence-corrected chi connectivity index (χ2v) is 5.56. The fraction of sp³-hybridized carbons (Fsp3) is 0.312. The van der Waals surface area contributed by atoms with Gasteiger partial charge < -0.3 is 14.6 Å². The van der Waals surface area contributed by atoms with Crippen LogP contribution in [0.3, 0.4) is 0 Å². The lowest BCUT2D eigenvalue weighted by Gasteiger charge is -2.25. The van der Waals surface area contributed by atoms with E-state index in [1.165, 1.54) is 18.5 Å². The molecule has 1 aliphatic heterocycles. The largest absolute Gasteiger partial charge is 0.491 e. The third-order valence-electron chi connectivity index (χ3n) is 4.09. The summed E-state index contributed by atoms with van der Waals surface area (Å²) >= 11 is 0. The van der Waals surface area contributed by atoms with Crippen LogP contribution in [-0.2, 0) is 0 Å². The zero-order chi connectivity index (χ0) is 15.6. The Bertz CT molecular complexity index is 821. The number of aromatic nitrogens is 4. The number of hydrogen-bond donors (Lipinski definition) is 1. The molecule has 1 aliphatic rings. The van der Waals surface area contributed by atoms with Gasteiger partial charge in [0.25, 0.3) is 0 Å². The standard InChI is InChI=1S/C16H16FN5O/c17-11-3-1-5-13(7-11)23-8-12-4-2-6-22(12)16-14-15(19-9-18-14)20-10-21-16/h1,3,5,7,9-10,12H,2,4,6,8H2,(H,18,19,20,21). The SMILES string of the molecule is Fc1cccc(OCC2CCCN2c2ncnc3nc[nH]c23)c1. The van der Waals surface area contributed by atoms with Crippen molar-refractivity contribution in [3.8, 4) is 5.75 Å². The van der Waals surface area contributed by atoms with Crippen molar-refractivity contribution in [3.05, 3.63) is 42.7 Å². The molecule has 1 unspecified atom stereocenters.